The Bertz CT molecular complexity index is 793. The van der Waals surface area contributed by atoms with Crippen molar-refractivity contribution in [2.24, 2.45) is 5.73 Å². The first-order valence-corrected chi connectivity index (χ1v) is 8.21. The lowest BCUT2D eigenvalue weighted by Crippen LogP contribution is -2.51. The van der Waals surface area contributed by atoms with Gasteiger partial charge in [0.1, 0.15) is 17.3 Å². The Labute approximate surface area is 136 Å². The van der Waals surface area contributed by atoms with Gasteiger partial charge in [-0.05, 0) is 17.7 Å². The minimum atomic E-state index is -3.99. The molecule has 0 saturated carbocycles. The van der Waals surface area contributed by atoms with Gasteiger partial charge in [0.15, 0.2) is 5.72 Å². The van der Waals surface area contributed by atoms with Crippen LogP contribution in [0, 0.1) is 0 Å². The number of rotatable bonds is 5. The Hall–Kier alpha value is -1.93. The van der Waals surface area contributed by atoms with Crippen molar-refractivity contribution in [1.82, 2.24) is 4.72 Å². The molecular formula is C16H20N2O4S. The van der Waals surface area contributed by atoms with E-state index in [1.165, 1.54) is 6.07 Å². The van der Waals surface area contributed by atoms with Gasteiger partial charge in [-0.15, -0.1) is 0 Å². The number of benzene rings is 2. The van der Waals surface area contributed by atoms with E-state index in [1.807, 2.05) is 0 Å². The van der Waals surface area contributed by atoms with Crippen LogP contribution in [0.4, 0.5) is 0 Å². The van der Waals surface area contributed by atoms with Gasteiger partial charge in [0.25, 0.3) is 0 Å². The molecule has 2 aliphatic rings. The summed E-state index contributed by atoms with van der Waals surface area (Å²) in [5, 5.41) is 10.6. The second-order valence-electron chi connectivity index (χ2n) is 5.11. The summed E-state index contributed by atoms with van der Waals surface area (Å²) in [6, 6.07) is 13.3. The topological polar surface area (TPSA) is 102 Å². The van der Waals surface area contributed by atoms with Crippen LogP contribution in [-0.4, -0.2) is 20.1 Å². The normalized spacial score (nSPS) is 15.4. The summed E-state index contributed by atoms with van der Waals surface area (Å²) in [4.78, 5) is -0.000874. The number of aliphatic hydroxyl groups is 1. The Balaban J connectivity index is 0.00000192. The number of hydrogen-bond acceptors (Lipinski definition) is 5. The summed E-state index contributed by atoms with van der Waals surface area (Å²) in [6.07, 6.45) is 0. The van der Waals surface area contributed by atoms with Gasteiger partial charge < -0.3 is 15.6 Å². The lowest BCUT2D eigenvalue weighted by molar-refractivity contribution is 0.0340. The number of hydrogen-bond donors (Lipinski definition) is 3. The maximum absolute atomic E-state index is 12.6. The molecule has 0 fully saturated rings. The van der Waals surface area contributed by atoms with E-state index in [2.05, 4.69) is 4.72 Å². The first-order chi connectivity index (χ1) is 10.4. The van der Waals surface area contributed by atoms with Crippen LogP contribution < -0.4 is 15.2 Å². The van der Waals surface area contributed by atoms with E-state index in [-0.39, 0.29) is 24.6 Å². The van der Waals surface area contributed by atoms with Crippen LogP contribution in [0.3, 0.4) is 0 Å². The third-order valence-corrected chi connectivity index (χ3v) is 5.05. The lowest BCUT2D eigenvalue weighted by atomic mass is 10.0. The van der Waals surface area contributed by atoms with Gasteiger partial charge in [-0.25, -0.2) is 8.42 Å². The summed E-state index contributed by atoms with van der Waals surface area (Å²) in [6.45, 7) is 0.0524. The van der Waals surface area contributed by atoms with Crippen LogP contribution in [-0.2, 0) is 22.4 Å². The number of nitrogens with two attached hydrogens (primary N) is 1. The van der Waals surface area contributed by atoms with Gasteiger partial charge in [-0.3, -0.25) is 0 Å². The largest absolute Gasteiger partial charge is 0.487 e. The quantitative estimate of drug-likeness (QED) is 0.714. The van der Waals surface area contributed by atoms with Crippen LogP contribution in [0.15, 0.2) is 53.4 Å². The van der Waals surface area contributed by atoms with Gasteiger partial charge in [0, 0.05) is 12.1 Å². The second-order valence-corrected chi connectivity index (χ2v) is 6.76. The zero-order valence-corrected chi connectivity index (χ0v) is 12.5. The molecule has 2 aromatic rings. The standard InChI is InChI=1S/C15H16N2O4S.CH4/c16-10-15(18,12-4-2-1-3-5-12)17-22(19,20)14-8-11-6-7-13(14)21-9-11;/h1-8,17-18H,9-10,16H2;1H4. The molecule has 4 N–H and O–H groups in total. The molecule has 0 spiro atoms. The minimum absolute atomic E-state index is 0. The summed E-state index contributed by atoms with van der Waals surface area (Å²) < 4.78 is 32.8. The molecule has 23 heavy (non-hydrogen) atoms. The average Bonchev–Trinajstić information content (AvgIpc) is 2.56. The highest BCUT2D eigenvalue weighted by atomic mass is 32.2. The molecule has 2 aromatic carbocycles. The van der Waals surface area contributed by atoms with Gasteiger partial charge in [0.2, 0.25) is 10.0 Å². The molecule has 7 heteroatoms. The fourth-order valence-corrected chi connectivity index (χ4v) is 3.80. The molecular weight excluding hydrogens is 316 g/mol. The Morgan fingerprint density at radius 2 is 1.91 bits per heavy atom. The van der Waals surface area contributed by atoms with E-state index in [4.69, 9.17) is 10.5 Å². The van der Waals surface area contributed by atoms with Gasteiger partial charge in [0.05, 0.1) is 0 Å². The third kappa shape index (κ3) is 3.23. The van der Waals surface area contributed by atoms with E-state index < -0.39 is 15.7 Å². The highest BCUT2D eigenvalue weighted by Gasteiger charge is 2.35. The molecule has 2 heterocycles. The molecule has 0 amide bonds. The molecule has 124 valence electrons. The smallest absolute Gasteiger partial charge is 0.246 e. The molecule has 0 aromatic heterocycles. The van der Waals surface area contributed by atoms with Crippen LogP contribution >= 0.6 is 0 Å². The third-order valence-electron chi connectivity index (χ3n) is 3.54. The first-order valence-electron chi connectivity index (χ1n) is 6.72. The summed E-state index contributed by atoms with van der Waals surface area (Å²) in [7, 11) is -3.99. The van der Waals surface area contributed by atoms with Crippen LogP contribution in [0.25, 0.3) is 0 Å². The predicted octanol–water partition coefficient (Wildman–Crippen LogP) is 1.30. The summed E-state index contributed by atoms with van der Waals surface area (Å²) >= 11 is 0. The number of sulfonamides is 1. The number of fused-ring (bicyclic) bond motifs is 3. The summed E-state index contributed by atoms with van der Waals surface area (Å²) in [5.74, 6) is 0.259. The molecule has 4 rings (SSSR count). The minimum Gasteiger partial charge on any atom is -0.487 e. The maximum atomic E-state index is 12.6. The number of ether oxygens (including phenoxy) is 1. The molecule has 6 nitrogen and oxygen atoms in total. The zero-order chi connectivity index (χ0) is 15.8. The SMILES string of the molecule is C.NCC(O)(NS(=O)(=O)c1cc2ccc1OC2)c1ccccc1. The predicted molar refractivity (Wildman–Crippen MR) is 87.2 cm³/mol. The maximum Gasteiger partial charge on any atom is 0.246 e. The highest BCUT2D eigenvalue weighted by molar-refractivity contribution is 7.89. The van der Waals surface area contributed by atoms with Gasteiger partial charge in [-0.1, -0.05) is 43.8 Å². The molecule has 1 atom stereocenters. The van der Waals surface area contributed by atoms with Crippen molar-refractivity contribution in [2.75, 3.05) is 6.54 Å². The molecule has 2 bridgehead atoms. The van der Waals surface area contributed by atoms with E-state index in [9.17, 15) is 13.5 Å². The molecule has 0 aliphatic carbocycles. The van der Waals surface area contributed by atoms with Crippen molar-refractivity contribution in [3.63, 3.8) is 0 Å². The lowest BCUT2D eigenvalue weighted by Gasteiger charge is -2.29. The Morgan fingerprint density at radius 3 is 2.39 bits per heavy atom. The fraction of sp³-hybridized carbons (Fsp3) is 0.250. The van der Waals surface area contributed by atoms with Crippen molar-refractivity contribution in [3.05, 3.63) is 59.7 Å². The number of nitrogens with one attached hydrogen (secondary N) is 1. The van der Waals surface area contributed by atoms with Crippen molar-refractivity contribution >= 4 is 10.0 Å². The van der Waals surface area contributed by atoms with E-state index >= 15 is 0 Å². The zero-order valence-electron chi connectivity index (χ0n) is 11.7. The second kappa shape index (κ2) is 6.29. The summed E-state index contributed by atoms with van der Waals surface area (Å²) in [5.41, 5.74) is 4.84. The Kier molecular flexibility index (Phi) is 4.76. The molecule has 1 unspecified atom stereocenters. The average molecular weight is 336 g/mol. The van der Waals surface area contributed by atoms with E-state index in [1.54, 1.807) is 42.5 Å². The van der Waals surface area contributed by atoms with Crippen molar-refractivity contribution in [2.45, 2.75) is 24.7 Å². The first kappa shape index (κ1) is 17.4. The molecule has 0 radical (unpaired) electrons. The van der Waals surface area contributed by atoms with Crippen LogP contribution in [0.5, 0.6) is 5.75 Å². The Morgan fingerprint density at radius 1 is 1.22 bits per heavy atom. The van der Waals surface area contributed by atoms with E-state index in [0.717, 1.165) is 5.56 Å². The van der Waals surface area contributed by atoms with E-state index in [0.29, 0.717) is 12.2 Å². The van der Waals surface area contributed by atoms with Crippen molar-refractivity contribution in [1.29, 1.82) is 0 Å². The monoisotopic (exact) mass is 336 g/mol. The van der Waals surface area contributed by atoms with Crippen molar-refractivity contribution < 1.29 is 18.3 Å². The van der Waals surface area contributed by atoms with Crippen LogP contribution in [0.2, 0.25) is 0 Å². The molecule has 0 saturated heterocycles. The highest BCUT2D eigenvalue weighted by Crippen LogP contribution is 2.32. The molecule has 2 aliphatic heterocycles. The fourth-order valence-electron chi connectivity index (χ4n) is 2.34. The van der Waals surface area contributed by atoms with Gasteiger partial charge >= 0.3 is 0 Å². The van der Waals surface area contributed by atoms with Crippen LogP contribution in [0.1, 0.15) is 18.6 Å². The van der Waals surface area contributed by atoms with Gasteiger partial charge in [-0.2, -0.15) is 4.72 Å². The van der Waals surface area contributed by atoms with Crippen molar-refractivity contribution in [3.8, 4) is 5.75 Å².